The van der Waals surface area contributed by atoms with Crippen molar-refractivity contribution in [3.63, 3.8) is 0 Å². The lowest BCUT2D eigenvalue weighted by molar-refractivity contribution is -0.140. The molecule has 0 spiro atoms. The van der Waals surface area contributed by atoms with E-state index in [1.54, 1.807) is 0 Å². The molecule has 0 radical (unpaired) electrons. The SMILES string of the molecule is CCOCCS(=O)(=O)NCCCCCC(=O)OC. The number of esters is 1. The fourth-order valence-electron chi connectivity index (χ4n) is 1.29. The van der Waals surface area contributed by atoms with Gasteiger partial charge in [0.15, 0.2) is 0 Å². The van der Waals surface area contributed by atoms with Crippen molar-refractivity contribution >= 4 is 16.0 Å². The van der Waals surface area contributed by atoms with E-state index in [4.69, 9.17) is 4.74 Å². The average Bonchev–Trinajstić information content (AvgIpc) is 2.33. The molecule has 0 aliphatic carbocycles. The van der Waals surface area contributed by atoms with Crippen LogP contribution in [0.1, 0.15) is 32.6 Å². The molecule has 0 aliphatic rings. The van der Waals surface area contributed by atoms with Crippen molar-refractivity contribution < 1.29 is 22.7 Å². The smallest absolute Gasteiger partial charge is 0.305 e. The summed E-state index contributed by atoms with van der Waals surface area (Å²) >= 11 is 0. The van der Waals surface area contributed by atoms with E-state index in [9.17, 15) is 13.2 Å². The van der Waals surface area contributed by atoms with Gasteiger partial charge in [0.2, 0.25) is 10.0 Å². The summed E-state index contributed by atoms with van der Waals surface area (Å²) in [5.74, 6) is -0.240. The summed E-state index contributed by atoms with van der Waals surface area (Å²) in [7, 11) is -1.87. The van der Waals surface area contributed by atoms with Crippen molar-refractivity contribution in [2.24, 2.45) is 0 Å². The van der Waals surface area contributed by atoms with Gasteiger partial charge in [-0.05, 0) is 19.8 Å². The van der Waals surface area contributed by atoms with Crippen LogP contribution in [0.4, 0.5) is 0 Å². The van der Waals surface area contributed by atoms with Crippen LogP contribution in [0.15, 0.2) is 0 Å². The van der Waals surface area contributed by atoms with Crippen LogP contribution in [-0.4, -0.2) is 47.0 Å². The zero-order valence-electron chi connectivity index (χ0n) is 11.1. The number of ether oxygens (including phenoxy) is 2. The number of hydrogen-bond donors (Lipinski definition) is 1. The molecular weight excluding hydrogens is 258 g/mol. The Hall–Kier alpha value is -0.660. The summed E-state index contributed by atoms with van der Waals surface area (Å²) in [6.07, 6.45) is 2.61. The Morgan fingerprint density at radius 1 is 1.22 bits per heavy atom. The van der Waals surface area contributed by atoms with Crippen molar-refractivity contribution in [2.75, 3.05) is 32.6 Å². The number of rotatable bonds is 11. The lowest BCUT2D eigenvalue weighted by atomic mass is 10.2. The van der Waals surface area contributed by atoms with Gasteiger partial charge in [-0.25, -0.2) is 13.1 Å². The van der Waals surface area contributed by atoms with Crippen LogP contribution in [0.2, 0.25) is 0 Å². The standard InChI is InChI=1S/C11H23NO5S/c1-3-17-9-10-18(14,15)12-8-6-4-5-7-11(13)16-2/h12H,3-10H2,1-2H3. The van der Waals surface area contributed by atoms with E-state index in [1.165, 1.54) is 7.11 Å². The predicted octanol–water partition coefficient (Wildman–Crippen LogP) is 0.676. The van der Waals surface area contributed by atoms with Crippen LogP contribution in [0.25, 0.3) is 0 Å². The Balaban J connectivity index is 3.50. The number of carbonyl (C=O) groups is 1. The van der Waals surface area contributed by atoms with Gasteiger partial charge in [-0.3, -0.25) is 4.79 Å². The van der Waals surface area contributed by atoms with Gasteiger partial charge >= 0.3 is 5.97 Å². The summed E-state index contributed by atoms with van der Waals surface area (Å²) in [4.78, 5) is 10.8. The highest BCUT2D eigenvalue weighted by Gasteiger charge is 2.08. The minimum Gasteiger partial charge on any atom is -0.469 e. The first-order valence-electron chi connectivity index (χ1n) is 6.13. The molecule has 0 aromatic heterocycles. The third-order valence-corrected chi connectivity index (χ3v) is 3.66. The van der Waals surface area contributed by atoms with Crippen LogP contribution in [0, 0.1) is 0 Å². The molecule has 1 N–H and O–H groups in total. The highest BCUT2D eigenvalue weighted by molar-refractivity contribution is 7.89. The second kappa shape index (κ2) is 10.3. The first-order chi connectivity index (χ1) is 8.52. The molecule has 0 heterocycles. The second-order valence-electron chi connectivity index (χ2n) is 3.80. The summed E-state index contributed by atoms with van der Waals surface area (Å²) in [5.41, 5.74) is 0. The van der Waals surface area contributed by atoms with E-state index < -0.39 is 10.0 Å². The molecule has 7 heteroatoms. The molecule has 0 saturated carbocycles. The molecule has 0 amide bonds. The number of unbranched alkanes of at least 4 members (excludes halogenated alkanes) is 2. The Kier molecular flexibility index (Phi) is 9.90. The molecule has 0 saturated heterocycles. The number of carbonyl (C=O) groups excluding carboxylic acids is 1. The lowest BCUT2D eigenvalue weighted by Gasteiger charge is -2.06. The van der Waals surface area contributed by atoms with Crippen molar-refractivity contribution in [1.82, 2.24) is 4.72 Å². The Morgan fingerprint density at radius 3 is 2.56 bits per heavy atom. The molecule has 0 bridgehead atoms. The molecule has 0 aromatic carbocycles. The molecule has 18 heavy (non-hydrogen) atoms. The van der Waals surface area contributed by atoms with Crippen molar-refractivity contribution in [3.8, 4) is 0 Å². The van der Waals surface area contributed by atoms with E-state index in [1.807, 2.05) is 6.92 Å². The van der Waals surface area contributed by atoms with Gasteiger partial charge in [-0.1, -0.05) is 6.42 Å². The zero-order valence-corrected chi connectivity index (χ0v) is 11.9. The monoisotopic (exact) mass is 281 g/mol. The maximum absolute atomic E-state index is 11.4. The highest BCUT2D eigenvalue weighted by Crippen LogP contribution is 2.00. The highest BCUT2D eigenvalue weighted by atomic mass is 32.2. The maximum atomic E-state index is 11.4. The zero-order chi connectivity index (χ0) is 13.9. The van der Waals surface area contributed by atoms with Crippen molar-refractivity contribution in [1.29, 1.82) is 0 Å². The molecule has 0 aromatic rings. The molecular formula is C11H23NO5S. The van der Waals surface area contributed by atoms with Gasteiger partial charge < -0.3 is 9.47 Å². The van der Waals surface area contributed by atoms with Crippen LogP contribution < -0.4 is 4.72 Å². The number of hydrogen-bond acceptors (Lipinski definition) is 5. The minimum absolute atomic E-state index is 0.0109. The third kappa shape index (κ3) is 10.5. The summed E-state index contributed by atoms with van der Waals surface area (Å²) < 4.78 is 34.8. The normalized spacial score (nSPS) is 11.4. The fourth-order valence-corrected chi connectivity index (χ4v) is 2.22. The third-order valence-electron chi connectivity index (χ3n) is 2.31. The Bertz CT molecular complexity index is 315. The molecule has 0 fully saturated rings. The summed E-state index contributed by atoms with van der Waals surface area (Å²) in [6, 6.07) is 0. The van der Waals surface area contributed by atoms with Crippen molar-refractivity contribution in [3.05, 3.63) is 0 Å². The van der Waals surface area contributed by atoms with Gasteiger partial charge in [0.05, 0.1) is 19.5 Å². The van der Waals surface area contributed by atoms with Gasteiger partial charge in [0.25, 0.3) is 0 Å². The maximum Gasteiger partial charge on any atom is 0.305 e. The Morgan fingerprint density at radius 2 is 1.94 bits per heavy atom. The van der Waals surface area contributed by atoms with Gasteiger partial charge in [-0.2, -0.15) is 0 Å². The molecule has 0 rings (SSSR count). The van der Waals surface area contributed by atoms with Crippen LogP contribution in [-0.2, 0) is 24.3 Å². The lowest BCUT2D eigenvalue weighted by Crippen LogP contribution is -2.29. The van der Waals surface area contributed by atoms with Gasteiger partial charge in [0.1, 0.15) is 0 Å². The van der Waals surface area contributed by atoms with E-state index in [-0.39, 0.29) is 18.3 Å². The van der Waals surface area contributed by atoms with E-state index in [0.29, 0.717) is 32.4 Å². The van der Waals surface area contributed by atoms with Gasteiger partial charge in [0, 0.05) is 19.6 Å². The van der Waals surface area contributed by atoms with Crippen LogP contribution >= 0.6 is 0 Å². The summed E-state index contributed by atoms with van der Waals surface area (Å²) in [5, 5.41) is 0. The van der Waals surface area contributed by atoms with Gasteiger partial charge in [-0.15, -0.1) is 0 Å². The summed E-state index contributed by atoms with van der Waals surface area (Å²) in [6.45, 7) is 2.95. The Labute approximate surface area is 109 Å². The van der Waals surface area contributed by atoms with Crippen molar-refractivity contribution in [2.45, 2.75) is 32.6 Å². The van der Waals surface area contributed by atoms with Crippen LogP contribution in [0.3, 0.4) is 0 Å². The molecule has 0 aliphatic heterocycles. The second-order valence-corrected chi connectivity index (χ2v) is 5.72. The first kappa shape index (κ1) is 17.3. The number of nitrogens with one attached hydrogen (secondary N) is 1. The molecule has 108 valence electrons. The fraction of sp³-hybridized carbons (Fsp3) is 0.909. The molecule has 0 atom stereocenters. The largest absolute Gasteiger partial charge is 0.469 e. The van der Waals surface area contributed by atoms with E-state index >= 15 is 0 Å². The van der Waals surface area contributed by atoms with E-state index in [2.05, 4.69) is 9.46 Å². The number of sulfonamides is 1. The first-order valence-corrected chi connectivity index (χ1v) is 7.79. The van der Waals surface area contributed by atoms with Crippen LogP contribution in [0.5, 0.6) is 0 Å². The minimum atomic E-state index is -3.23. The quantitative estimate of drug-likeness (QED) is 0.445. The molecule has 6 nitrogen and oxygen atoms in total. The topological polar surface area (TPSA) is 81.7 Å². The average molecular weight is 281 g/mol. The molecule has 0 unspecified atom stereocenters. The number of methoxy groups -OCH3 is 1. The van der Waals surface area contributed by atoms with E-state index in [0.717, 1.165) is 6.42 Å². The predicted molar refractivity (Wildman–Crippen MR) is 68.8 cm³/mol.